The highest BCUT2D eigenvalue weighted by Gasteiger charge is 2.21. The maximum absolute atomic E-state index is 6.11. The van der Waals surface area contributed by atoms with Crippen LogP contribution in [0.4, 0.5) is 5.00 Å². The van der Waals surface area contributed by atoms with Crippen LogP contribution in [0, 0.1) is 0 Å². The zero-order valence-electron chi connectivity index (χ0n) is 13.5. The molecule has 2 heterocycles. The molecule has 1 fully saturated rings. The number of rotatable bonds is 3. The third-order valence-corrected chi connectivity index (χ3v) is 6.18. The molecule has 0 N–H and O–H groups in total. The van der Waals surface area contributed by atoms with E-state index < -0.39 is 0 Å². The van der Waals surface area contributed by atoms with E-state index in [1.165, 1.54) is 27.3 Å². The van der Waals surface area contributed by atoms with E-state index in [1.807, 2.05) is 12.1 Å². The summed E-state index contributed by atoms with van der Waals surface area (Å²) in [4.78, 5) is 2.43. The van der Waals surface area contributed by atoms with Crippen LogP contribution >= 0.6 is 38.9 Å². The maximum Gasteiger partial charge on any atom is 0.0996 e. The third kappa shape index (κ3) is 3.63. The van der Waals surface area contributed by atoms with Crippen molar-refractivity contribution >= 4 is 43.9 Å². The summed E-state index contributed by atoms with van der Waals surface area (Å²) in [7, 11) is 0. The van der Waals surface area contributed by atoms with E-state index in [4.69, 9.17) is 16.3 Å². The van der Waals surface area contributed by atoms with Gasteiger partial charge in [0.2, 0.25) is 0 Å². The van der Waals surface area contributed by atoms with Gasteiger partial charge in [0.05, 0.1) is 18.2 Å². The van der Waals surface area contributed by atoms with Crippen LogP contribution in [-0.4, -0.2) is 26.3 Å². The molecule has 0 aliphatic carbocycles. The molecule has 128 valence electrons. The fourth-order valence-electron chi connectivity index (χ4n) is 3.08. The quantitative estimate of drug-likeness (QED) is 0.477. The lowest BCUT2D eigenvalue weighted by Gasteiger charge is -2.29. The van der Waals surface area contributed by atoms with Crippen molar-refractivity contribution < 1.29 is 4.74 Å². The molecule has 2 aromatic carbocycles. The maximum atomic E-state index is 6.11. The Labute approximate surface area is 165 Å². The van der Waals surface area contributed by atoms with E-state index in [1.54, 1.807) is 11.3 Å². The van der Waals surface area contributed by atoms with Gasteiger partial charge in [-0.25, -0.2) is 0 Å². The number of benzene rings is 2. The molecule has 4 rings (SSSR count). The monoisotopic (exact) mass is 433 g/mol. The Balaban J connectivity index is 1.84. The second-order valence-corrected chi connectivity index (χ2v) is 8.15. The first-order chi connectivity index (χ1) is 12.2. The average Bonchev–Trinajstić information content (AvgIpc) is 3.09. The highest BCUT2D eigenvalue weighted by atomic mass is 79.9. The minimum absolute atomic E-state index is 0.761. The van der Waals surface area contributed by atoms with Gasteiger partial charge in [-0.1, -0.05) is 51.8 Å². The fourth-order valence-corrected chi connectivity index (χ4v) is 4.64. The van der Waals surface area contributed by atoms with Gasteiger partial charge in [-0.05, 0) is 35.4 Å². The van der Waals surface area contributed by atoms with Crippen molar-refractivity contribution in [2.24, 2.45) is 0 Å². The van der Waals surface area contributed by atoms with E-state index in [0.717, 1.165) is 35.8 Å². The van der Waals surface area contributed by atoms with Gasteiger partial charge >= 0.3 is 0 Å². The molecule has 0 unspecified atom stereocenters. The number of nitrogens with zero attached hydrogens (tertiary/aromatic N) is 1. The van der Waals surface area contributed by atoms with Crippen molar-refractivity contribution in [1.29, 1.82) is 0 Å². The Kier molecular flexibility index (Phi) is 5.13. The summed E-state index contributed by atoms with van der Waals surface area (Å²) in [5.41, 5.74) is 4.97. The minimum atomic E-state index is 0.761. The Morgan fingerprint density at radius 1 is 0.920 bits per heavy atom. The van der Waals surface area contributed by atoms with Gasteiger partial charge in [-0.3, -0.25) is 0 Å². The summed E-state index contributed by atoms with van der Waals surface area (Å²) in [5.74, 6) is 0. The number of hydrogen-bond donors (Lipinski definition) is 0. The number of morpholine rings is 1. The molecule has 2 nitrogen and oxygen atoms in total. The second kappa shape index (κ2) is 7.50. The van der Waals surface area contributed by atoms with Crippen LogP contribution < -0.4 is 4.90 Å². The molecule has 0 amide bonds. The van der Waals surface area contributed by atoms with E-state index in [9.17, 15) is 0 Å². The van der Waals surface area contributed by atoms with Gasteiger partial charge in [0.15, 0.2) is 0 Å². The Bertz CT molecular complexity index is 854. The molecule has 1 aliphatic rings. The summed E-state index contributed by atoms with van der Waals surface area (Å²) in [6.45, 7) is 3.43. The summed E-state index contributed by atoms with van der Waals surface area (Å²) in [6, 6.07) is 16.6. The van der Waals surface area contributed by atoms with E-state index >= 15 is 0 Å². The Morgan fingerprint density at radius 3 is 2.24 bits per heavy atom. The molecule has 3 aromatic rings. The predicted molar refractivity (Wildman–Crippen MR) is 111 cm³/mol. The number of thiophene rings is 1. The summed E-state index contributed by atoms with van der Waals surface area (Å²) in [5, 5.41) is 4.33. The highest BCUT2D eigenvalue weighted by molar-refractivity contribution is 9.10. The van der Waals surface area contributed by atoms with Gasteiger partial charge < -0.3 is 9.64 Å². The van der Waals surface area contributed by atoms with Crippen molar-refractivity contribution in [1.82, 2.24) is 0 Å². The third-order valence-electron chi connectivity index (χ3n) is 4.36. The lowest BCUT2D eigenvalue weighted by atomic mass is 9.98. The lowest BCUT2D eigenvalue weighted by molar-refractivity contribution is 0.123. The smallest absolute Gasteiger partial charge is 0.0996 e. The van der Waals surface area contributed by atoms with Gasteiger partial charge in [-0.15, -0.1) is 11.3 Å². The summed E-state index contributed by atoms with van der Waals surface area (Å²) < 4.78 is 6.62. The van der Waals surface area contributed by atoms with E-state index in [0.29, 0.717) is 0 Å². The molecule has 1 saturated heterocycles. The van der Waals surface area contributed by atoms with E-state index in [2.05, 4.69) is 62.6 Å². The number of hydrogen-bond acceptors (Lipinski definition) is 3. The van der Waals surface area contributed by atoms with Gasteiger partial charge in [-0.2, -0.15) is 0 Å². The summed E-state index contributed by atoms with van der Waals surface area (Å²) in [6.07, 6.45) is 0. The highest BCUT2D eigenvalue weighted by Crippen LogP contribution is 2.45. The molecule has 1 aromatic heterocycles. The topological polar surface area (TPSA) is 12.5 Å². The van der Waals surface area contributed by atoms with Crippen molar-refractivity contribution in [3.63, 3.8) is 0 Å². The molecular formula is C20H17BrClNOS. The average molecular weight is 435 g/mol. The lowest BCUT2D eigenvalue weighted by Crippen LogP contribution is -2.35. The Morgan fingerprint density at radius 2 is 1.56 bits per heavy atom. The molecule has 0 spiro atoms. The predicted octanol–water partition coefficient (Wildman–Crippen LogP) is 6.33. The van der Waals surface area contributed by atoms with Crippen LogP contribution in [0.5, 0.6) is 0 Å². The first-order valence-corrected chi connectivity index (χ1v) is 10.2. The van der Waals surface area contributed by atoms with Crippen molar-refractivity contribution in [2.45, 2.75) is 0 Å². The molecular weight excluding hydrogens is 418 g/mol. The number of ether oxygens (including phenoxy) is 1. The first kappa shape index (κ1) is 17.1. The largest absolute Gasteiger partial charge is 0.378 e. The molecule has 0 bridgehead atoms. The first-order valence-electron chi connectivity index (χ1n) is 8.18. The normalized spacial score (nSPS) is 14.7. The fraction of sp³-hybridized carbons (Fsp3) is 0.200. The Hall–Kier alpha value is -1.33. The van der Waals surface area contributed by atoms with Gasteiger partial charge in [0, 0.05) is 39.1 Å². The van der Waals surface area contributed by atoms with E-state index in [-0.39, 0.29) is 0 Å². The summed E-state index contributed by atoms with van der Waals surface area (Å²) >= 11 is 11.4. The molecule has 0 saturated carbocycles. The zero-order chi connectivity index (χ0) is 17.2. The van der Waals surface area contributed by atoms with Gasteiger partial charge in [0.1, 0.15) is 0 Å². The molecule has 5 heteroatoms. The molecule has 25 heavy (non-hydrogen) atoms. The van der Waals surface area contributed by atoms with Crippen LogP contribution in [0.15, 0.2) is 58.4 Å². The number of anilines is 1. The second-order valence-electron chi connectivity index (χ2n) is 5.94. The van der Waals surface area contributed by atoms with Crippen LogP contribution in [-0.2, 0) is 4.74 Å². The van der Waals surface area contributed by atoms with Crippen LogP contribution in [0.3, 0.4) is 0 Å². The number of halogens is 2. The van der Waals surface area contributed by atoms with Crippen LogP contribution in [0.25, 0.3) is 22.3 Å². The molecule has 0 radical (unpaired) electrons. The van der Waals surface area contributed by atoms with Crippen molar-refractivity contribution in [2.75, 3.05) is 31.2 Å². The van der Waals surface area contributed by atoms with Crippen LogP contribution in [0.2, 0.25) is 5.02 Å². The van der Waals surface area contributed by atoms with Gasteiger partial charge in [0.25, 0.3) is 0 Å². The molecule has 0 atom stereocenters. The van der Waals surface area contributed by atoms with Crippen molar-refractivity contribution in [3.05, 3.63) is 63.4 Å². The zero-order valence-corrected chi connectivity index (χ0v) is 16.7. The van der Waals surface area contributed by atoms with Crippen LogP contribution in [0.1, 0.15) is 0 Å². The SMILES string of the molecule is Clc1ccc(-c2c(-c3ccc(Br)cc3)csc2N2CCOCC2)cc1. The molecule has 1 aliphatic heterocycles. The standard InChI is InChI=1S/C20H17BrClNOS/c21-16-5-1-14(2-6-16)18-13-25-20(23-9-11-24-12-10-23)19(18)15-3-7-17(22)8-4-15/h1-8,13H,9-12H2. The van der Waals surface area contributed by atoms with Crippen molar-refractivity contribution in [3.8, 4) is 22.3 Å². The minimum Gasteiger partial charge on any atom is -0.378 e.